The van der Waals surface area contributed by atoms with E-state index in [4.69, 9.17) is 4.74 Å². The van der Waals surface area contributed by atoms with Crippen molar-refractivity contribution in [2.75, 3.05) is 27.2 Å². The van der Waals surface area contributed by atoms with Crippen molar-refractivity contribution in [1.29, 1.82) is 0 Å². The van der Waals surface area contributed by atoms with Crippen LogP contribution in [0.1, 0.15) is 31.2 Å². The number of piperidine rings is 1. The van der Waals surface area contributed by atoms with E-state index in [1.165, 1.54) is 5.56 Å². The molecule has 1 aliphatic carbocycles. The van der Waals surface area contributed by atoms with Crippen molar-refractivity contribution in [2.45, 2.75) is 38.3 Å². The molecular weight excluding hydrogens is 276 g/mol. The summed E-state index contributed by atoms with van der Waals surface area (Å²) in [6.45, 7) is 3.12. The Kier molecular flexibility index (Phi) is 4.67. The molecule has 2 aliphatic rings. The zero-order valence-electron chi connectivity index (χ0n) is 13.6. The van der Waals surface area contributed by atoms with Crippen molar-refractivity contribution in [3.63, 3.8) is 0 Å². The number of amides is 1. The highest BCUT2D eigenvalue weighted by Crippen LogP contribution is 2.32. The quantitative estimate of drug-likeness (QED) is 0.838. The largest absolute Gasteiger partial charge is 0.497 e. The van der Waals surface area contributed by atoms with Crippen LogP contribution in [0, 0.1) is 5.92 Å². The van der Waals surface area contributed by atoms with E-state index in [-0.39, 0.29) is 0 Å². The number of hydrogen-bond donors (Lipinski definition) is 0. The number of carbonyl (C=O) groups excluding carboxylic acids is 1. The molecule has 120 valence electrons. The minimum absolute atomic E-state index is 0.335. The summed E-state index contributed by atoms with van der Waals surface area (Å²) in [5.41, 5.74) is 1.32. The van der Waals surface area contributed by atoms with Gasteiger partial charge in [-0.3, -0.25) is 9.69 Å². The van der Waals surface area contributed by atoms with E-state index in [0.717, 1.165) is 51.1 Å². The van der Waals surface area contributed by atoms with Gasteiger partial charge < -0.3 is 9.64 Å². The SMILES string of the molecule is COc1ccc(CN2CCC(N(C)C(=O)C3CC3)CC2)cc1. The maximum Gasteiger partial charge on any atom is 0.225 e. The molecule has 22 heavy (non-hydrogen) atoms. The molecule has 1 aromatic rings. The number of methoxy groups -OCH3 is 1. The molecule has 0 aromatic heterocycles. The Labute approximate surface area is 133 Å². The predicted molar refractivity (Wildman–Crippen MR) is 86.8 cm³/mol. The first-order valence-corrected chi connectivity index (χ1v) is 8.29. The topological polar surface area (TPSA) is 32.8 Å². The number of benzene rings is 1. The van der Waals surface area contributed by atoms with Crippen LogP contribution in [0.25, 0.3) is 0 Å². The van der Waals surface area contributed by atoms with Crippen molar-refractivity contribution in [3.05, 3.63) is 29.8 Å². The molecule has 1 saturated carbocycles. The maximum atomic E-state index is 12.1. The third-order valence-electron chi connectivity index (χ3n) is 4.94. The highest BCUT2D eigenvalue weighted by molar-refractivity contribution is 5.81. The summed E-state index contributed by atoms with van der Waals surface area (Å²) in [4.78, 5) is 16.6. The Morgan fingerprint density at radius 3 is 2.36 bits per heavy atom. The molecule has 0 atom stereocenters. The normalized spacial score (nSPS) is 19.9. The zero-order chi connectivity index (χ0) is 15.5. The summed E-state index contributed by atoms with van der Waals surface area (Å²) in [7, 11) is 3.68. The fourth-order valence-corrected chi connectivity index (χ4v) is 3.25. The van der Waals surface area contributed by atoms with Crippen LogP contribution in [-0.2, 0) is 11.3 Å². The predicted octanol–water partition coefficient (Wildman–Crippen LogP) is 2.53. The first-order chi connectivity index (χ1) is 10.7. The molecule has 4 nitrogen and oxygen atoms in total. The second-order valence-corrected chi connectivity index (χ2v) is 6.58. The average molecular weight is 302 g/mol. The lowest BCUT2D eigenvalue weighted by Crippen LogP contribution is -2.45. The van der Waals surface area contributed by atoms with Crippen LogP contribution in [0.2, 0.25) is 0 Å². The van der Waals surface area contributed by atoms with Gasteiger partial charge in [-0.05, 0) is 43.4 Å². The van der Waals surface area contributed by atoms with Gasteiger partial charge in [0.05, 0.1) is 7.11 Å². The van der Waals surface area contributed by atoms with Crippen molar-refractivity contribution >= 4 is 5.91 Å². The second-order valence-electron chi connectivity index (χ2n) is 6.58. The van der Waals surface area contributed by atoms with Crippen LogP contribution < -0.4 is 4.74 Å². The van der Waals surface area contributed by atoms with Crippen molar-refractivity contribution in [2.24, 2.45) is 5.92 Å². The molecule has 1 amide bonds. The van der Waals surface area contributed by atoms with Crippen LogP contribution in [0.5, 0.6) is 5.75 Å². The number of likely N-dealkylation sites (tertiary alicyclic amines) is 1. The monoisotopic (exact) mass is 302 g/mol. The highest BCUT2D eigenvalue weighted by Gasteiger charge is 2.35. The fraction of sp³-hybridized carbons (Fsp3) is 0.611. The van der Waals surface area contributed by atoms with E-state index >= 15 is 0 Å². The molecular formula is C18H26N2O2. The van der Waals surface area contributed by atoms with Crippen LogP contribution >= 0.6 is 0 Å². The van der Waals surface area contributed by atoms with E-state index in [9.17, 15) is 4.79 Å². The minimum Gasteiger partial charge on any atom is -0.497 e. The number of ether oxygens (including phenoxy) is 1. The average Bonchev–Trinajstić information content (AvgIpc) is 3.40. The van der Waals surface area contributed by atoms with E-state index < -0.39 is 0 Å². The third kappa shape index (κ3) is 3.61. The van der Waals surface area contributed by atoms with Gasteiger partial charge >= 0.3 is 0 Å². The van der Waals surface area contributed by atoms with Crippen LogP contribution in [0.4, 0.5) is 0 Å². The van der Waals surface area contributed by atoms with Gasteiger partial charge in [0.25, 0.3) is 0 Å². The van der Waals surface area contributed by atoms with Gasteiger partial charge in [-0.2, -0.15) is 0 Å². The summed E-state index contributed by atoms with van der Waals surface area (Å²) >= 11 is 0. The highest BCUT2D eigenvalue weighted by atomic mass is 16.5. The summed E-state index contributed by atoms with van der Waals surface area (Å²) in [6, 6.07) is 8.73. The molecule has 4 heteroatoms. The first-order valence-electron chi connectivity index (χ1n) is 8.29. The van der Waals surface area contributed by atoms with Gasteiger partial charge in [0.1, 0.15) is 5.75 Å². The van der Waals surface area contributed by atoms with Gasteiger partial charge in [-0.15, -0.1) is 0 Å². The molecule has 0 spiro atoms. The summed E-state index contributed by atoms with van der Waals surface area (Å²) < 4.78 is 5.20. The smallest absolute Gasteiger partial charge is 0.225 e. The molecule has 1 heterocycles. The van der Waals surface area contributed by atoms with Gasteiger partial charge in [0.2, 0.25) is 5.91 Å². The van der Waals surface area contributed by atoms with Crippen LogP contribution in [0.15, 0.2) is 24.3 Å². The molecule has 0 radical (unpaired) electrons. The molecule has 1 aromatic carbocycles. The van der Waals surface area contributed by atoms with Crippen LogP contribution in [-0.4, -0.2) is 49.0 Å². The van der Waals surface area contributed by atoms with Gasteiger partial charge in [-0.25, -0.2) is 0 Å². The number of rotatable bonds is 5. The summed E-state index contributed by atoms with van der Waals surface area (Å²) in [5.74, 6) is 1.61. The lowest BCUT2D eigenvalue weighted by molar-refractivity contribution is -0.134. The molecule has 0 bridgehead atoms. The zero-order valence-corrected chi connectivity index (χ0v) is 13.6. The Morgan fingerprint density at radius 1 is 1.18 bits per heavy atom. The Bertz CT molecular complexity index is 502. The van der Waals surface area contributed by atoms with Crippen molar-refractivity contribution in [3.8, 4) is 5.75 Å². The molecule has 0 unspecified atom stereocenters. The second kappa shape index (κ2) is 6.69. The lowest BCUT2D eigenvalue weighted by atomic mass is 10.0. The maximum absolute atomic E-state index is 12.1. The fourth-order valence-electron chi connectivity index (χ4n) is 3.25. The van der Waals surface area contributed by atoms with E-state index in [1.807, 2.05) is 24.1 Å². The third-order valence-corrected chi connectivity index (χ3v) is 4.94. The summed E-state index contributed by atoms with van der Waals surface area (Å²) in [5, 5.41) is 0. The van der Waals surface area contributed by atoms with Gasteiger partial charge in [0, 0.05) is 38.6 Å². The van der Waals surface area contributed by atoms with E-state index in [2.05, 4.69) is 17.0 Å². The number of hydrogen-bond acceptors (Lipinski definition) is 3. The van der Waals surface area contributed by atoms with Gasteiger partial charge in [0.15, 0.2) is 0 Å². The minimum atomic E-state index is 0.335. The molecule has 0 N–H and O–H groups in total. The lowest BCUT2D eigenvalue weighted by Gasteiger charge is -2.37. The Morgan fingerprint density at radius 2 is 1.82 bits per heavy atom. The first kappa shape index (κ1) is 15.3. The van der Waals surface area contributed by atoms with Crippen LogP contribution in [0.3, 0.4) is 0 Å². The molecule has 1 aliphatic heterocycles. The standard InChI is InChI=1S/C18H26N2O2/c1-19(18(21)15-5-6-15)16-9-11-20(12-10-16)13-14-3-7-17(22-2)8-4-14/h3-4,7-8,15-16H,5-6,9-13H2,1-2H3. The molecule has 2 fully saturated rings. The Hall–Kier alpha value is -1.55. The summed E-state index contributed by atoms with van der Waals surface area (Å²) in [6.07, 6.45) is 4.37. The molecule has 1 saturated heterocycles. The molecule has 3 rings (SSSR count). The van der Waals surface area contributed by atoms with Crippen molar-refractivity contribution in [1.82, 2.24) is 9.80 Å². The number of nitrogens with zero attached hydrogens (tertiary/aromatic N) is 2. The van der Waals surface area contributed by atoms with Gasteiger partial charge in [-0.1, -0.05) is 12.1 Å². The van der Waals surface area contributed by atoms with E-state index in [1.54, 1.807) is 7.11 Å². The van der Waals surface area contributed by atoms with E-state index in [0.29, 0.717) is 17.9 Å². The number of carbonyl (C=O) groups is 1. The van der Waals surface area contributed by atoms with Crippen molar-refractivity contribution < 1.29 is 9.53 Å². The Balaban J connectivity index is 1.47.